The molecule has 6 heteroatoms. The average molecular weight is 366 g/mol. The van der Waals surface area contributed by atoms with Gasteiger partial charge < -0.3 is 9.64 Å². The smallest absolute Gasteiger partial charge is 0.350 e. The molecule has 0 spiro atoms. The standard InChI is InChI=1S/C18H20ClNO3S/c1-11-7-9-20(10-8-11)17(21)12(2)23-18(22)16-15(19)13-5-3-4-6-14(13)24-16/h3-6,11-12H,7-10H2,1-2H3/t12-/m0/s1. The molecule has 2 aromatic rings. The van der Waals surface area contributed by atoms with Crippen LogP contribution in [0.2, 0.25) is 5.02 Å². The second-order valence-corrected chi connectivity index (χ2v) is 7.73. The van der Waals surface area contributed by atoms with Crippen molar-refractivity contribution in [1.82, 2.24) is 4.90 Å². The van der Waals surface area contributed by atoms with Crippen LogP contribution < -0.4 is 0 Å². The Hall–Kier alpha value is -1.59. The van der Waals surface area contributed by atoms with Crippen molar-refractivity contribution in [3.05, 3.63) is 34.2 Å². The average Bonchev–Trinajstić information content (AvgIpc) is 2.92. The second kappa shape index (κ2) is 7.11. The molecule has 3 rings (SSSR count). The quantitative estimate of drug-likeness (QED) is 0.759. The van der Waals surface area contributed by atoms with Gasteiger partial charge in [-0.2, -0.15) is 0 Å². The molecule has 0 unspecified atom stereocenters. The molecule has 24 heavy (non-hydrogen) atoms. The number of fused-ring (bicyclic) bond motifs is 1. The minimum atomic E-state index is -0.799. The van der Waals surface area contributed by atoms with Gasteiger partial charge in [-0.05, 0) is 31.7 Å². The molecule has 1 aliphatic rings. The van der Waals surface area contributed by atoms with Gasteiger partial charge in [0, 0.05) is 23.2 Å². The molecule has 0 radical (unpaired) electrons. The van der Waals surface area contributed by atoms with E-state index in [2.05, 4.69) is 6.92 Å². The van der Waals surface area contributed by atoms with Gasteiger partial charge in [-0.3, -0.25) is 4.79 Å². The first-order valence-electron chi connectivity index (χ1n) is 8.14. The Morgan fingerprint density at radius 3 is 2.62 bits per heavy atom. The minimum absolute atomic E-state index is 0.132. The lowest BCUT2D eigenvalue weighted by atomic mass is 9.99. The third-order valence-electron chi connectivity index (χ3n) is 4.45. The third-order valence-corrected chi connectivity index (χ3v) is 6.10. The van der Waals surface area contributed by atoms with Crippen molar-refractivity contribution in [1.29, 1.82) is 0 Å². The van der Waals surface area contributed by atoms with Crippen LogP contribution in [0.25, 0.3) is 10.1 Å². The van der Waals surface area contributed by atoms with Crippen LogP contribution in [0.1, 0.15) is 36.4 Å². The number of piperidine rings is 1. The maximum absolute atomic E-state index is 12.4. The molecule has 4 nitrogen and oxygen atoms in total. The number of esters is 1. The Bertz CT molecular complexity index is 765. The largest absolute Gasteiger partial charge is 0.448 e. The number of halogens is 1. The van der Waals surface area contributed by atoms with Crippen molar-refractivity contribution in [2.45, 2.75) is 32.8 Å². The van der Waals surface area contributed by atoms with Crippen LogP contribution in [0.15, 0.2) is 24.3 Å². The molecule has 0 aliphatic carbocycles. The van der Waals surface area contributed by atoms with Gasteiger partial charge in [-0.1, -0.05) is 36.7 Å². The summed E-state index contributed by atoms with van der Waals surface area (Å²) < 4.78 is 6.31. The first kappa shape index (κ1) is 17.2. The monoisotopic (exact) mass is 365 g/mol. The highest BCUT2D eigenvalue weighted by molar-refractivity contribution is 7.21. The van der Waals surface area contributed by atoms with Gasteiger partial charge in [-0.25, -0.2) is 4.79 Å². The van der Waals surface area contributed by atoms with E-state index in [4.69, 9.17) is 16.3 Å². The van der Waals surface area contributed by atoms with Crippen molar-refractivity contribution in [3.8, 4) is 0 Å². The highest BCUT2D eigenvalue weighted by Gasteiger charge is 2.28. The maximum Gasteiger partial charge on any atom is 0.350 e. The van der Waals surface area contributed by atoms with Crippen molar-refractivity contribution in [2.75, 3.05) is 13.1 Å². The number of ether oxygens (including phenoxy) is 1. The Balaban J connectivity index is 1.69. The molecule has 0 N–H and O–H groups in total. The Morgan fingerprint density at radius 1 is 1.29 bits per heavy atom. The molecular formula is C18H20ClNO3S. The van der Waals surface area contributed by atoms with Gasteiger partial charge in [0.2, 0.25) is 0 Å². The van der Waals surface area contributed by atoms with Gasteiger partial charge in [0.25, 0.3) is 5.91 Å². The van der Waals surface area contributed by atoms with Crippen LogP contribution >= 0.6 is 22.9 Å². The lowest BCUT2D eigenvalue weighted by molar-refractivity contribution is -0.141. The van der Waals surface area contributed by atoms with Gasteiger partial charge >= 0.3 is 5.97 Å². The van der Waals surface area contributed by atoms with E-state index >= 15 is 0 Å². The van der Waals surface area contributed by atoms with Crippen molar-refractivity contribution in [3.63, 3.8) is 0 Å². The van der Waals surface area contributed by atoms with Crippen LogP contribution in [0.5, 0.6) is 0 Å². The molecule has 2 heterocycles. The van der Waals surface area contributed by atoms with Crippen LogP contribution in [-0.2, 0) is 9.53 Å². The summed E-state index contributed by atoms with van der Waals surface area (Å²) in [6.45, 7) is 5.27. The molecule has 1 aliphatic heterocycles. The highest BCUT2D eigenvalue weighted by atomic mass is 35.5. The Morgan fingerprint density at radius 2 is 1.96 bits per heavy atom. The number of carbonyl (C=O) groups is 2. The SMILES string of the molecule is CC1CCN(C(=O)[C@H](C)OC(=O)c2sc3ccccc3c2Cl)CC1. The Kier molecular flexibility index (Phi) is 5.11. The summed E-state index contributed by atoms with van der Waals surface area (Å²) in [6.07, 6.45) is 1.19. The lowest BCUT2D eigenvalue weighted by Gasteiger charge is -2.31. The number of hydrogen-bond acceptors (Lipinski definition) is 4. The molecule has 128 valence electrons. The zero-order valence-corrected chi connectivity index (χ0v) is 15.3. The van der Waals surface area contributed by atoms with E-state index in [-0.39, 0.29) is 5.91 Å². The summed E-state index contributed by atoms with van der Waals surface area (Å²) in [5.41, 5.74) is 0. The molecule has 1 aromatic carbocycles. The van der Waals surface area contributed by atoms with Crippen LogP contribution in [0.4, 0.5) is 0 Å². The van der Waals surface area contributed by atoms with Gasteiger partial charge in [0.05, 0.1) is 5.02 Å². The van der Waals surface area contributed by atoms with E-state index in [9.17, 15) is 9.59 Å². The van der Waals surface area contributed by atoms with E-state index in [1.54, 1.807) is 11.8 Å². The first-order chi connectivity index (χ1) is 11.5. The Labute approximate surface area is 150 Å². The molecule has 1 atom stereocenters. The van der Waals surface area contributed by atoms with Crippen molar-refractivity contribution in [2.24, 2.45) is 5.92 Å². The fourth-order valence-corrected chi connectivity index (χ4v) is 4.29. The third kappa shape index (κ3) is 3.42. The van der Waals surface area contributed by atoms with Gasteiger partial charge in [-0.15, -0.1) is 11.3 Å². The number of benzene rings is 1. The van der Waals surface area contributed by atoms with E-state index in [0.717, 1.165) is 36.0 Å². The van der Waals surface area contributed by atoms with Gasteiger partial charge in [0.15, 0.2) is 6.10 Å². The summed E-state index contributed by atoms with van der Waals surface area (Å²) in [5.74, 6) is -0.0239. The molecule has 1 fully saturated rings. The van der Waals surface area contributed by atoms with Gasteiger partial charge in [0.1, 0.15) is 4.88 Å². The number of amides is 1. The predicted octanol–water partition coefficient (Wildman–Crippen LogP) is 4.36. The van der Waals surface area contributed by atoms with Crippen LogP contribution in [0, 0.1) is 5.92 Å². The zero-order chi connectivity index (χ0) is 17.3. The predicted molar refractivity (Wildman–Crippen MR) is 96.7 cm³/mol. The minimum Gasteiger partial charge on any atom is -0.448 e. The number of thiophene rings is 1. The van der Waals surface area contributed by atoms with E-state index in [0.29, 0.717) is 15.8 Å². The molecule has 0 bridgehead atoms. The summed E-state index contributed by atoms with van der Waals surface area (Å²) in [5, 5.41) is 1.23. The number of carbonyl (C=O) groups excluding carboxylic acids is 2. The maximum atomic E-state index is 12.4. The van der Waals surface area contributed by atoms with E-state index in [1.807, 2.05) is 24.3 Å². The molecule has 1 aromatic heterocycles. The fraction of sp³-hybridized carbons (Fsp3) is 0.444. The summed E-state index contributed by atoms with van der Waals surface area (Å²) >= 11 is 7.58. The molecule has 1 amide bonds. The lowest BCUT2D eigenvalue weighted by Crippen LogP contribution is -2.44. The number of nitrogens with zero attached hydrogens (tertiary/aromatic N) is 1. The van der Waals surface area contributed by atoms with Crippen molar-refractivity contribution >= 4 is 44.9 Å². The summed E-state index contributed by atoms with van der Waals surface area (Å²) in [6, 6.07) is 7.55. The highest BCUT2D eigenvalue weighted by Crippen LogP contribution is 2.35. The summed E-state index contributed by atoms with van der Waals surface area (Å²) in [7, 11) is 0. The number of likely N-dealkylation sites (tertiary alicyclic amines) is 1. The summed E-state index contributed by atoms with van der Waals surface area (Å²) in [4.78, 5) is 27.0. The molecule has 0 saturated carbocycles. The second-order valence-electron chi connectivity index (χ2n) is 6.30. The van der Waals surface area contributed by atoms with Crippen LogP contribution in [0.3, 0.4) is 0 Å². The van der Waals surface area contributed by atoms with Crippen LogP contribution in [-0.4, -0.2) is 36.0 Å². The molecular weight excluding hydrogens is 346 g/mol. The molecule has 1 saturated heterocycles. The first-order valence-corrected chi connectivity index (χ1v) is 9.33. The zero-order valence-electron chi connectivity index (χ0n) is 13.8. The fourth-order valence-electron chi connectivity index (χ4n) is 2.90. The number of hydrogen-bond donors (Lipinski definition) is 0. The van der Waals surface area contributed by atoms with Crippen molar-refractivity contribution < 1.29 is 14.3 Å². The normalized spacial score (nSPS) is 17.0. The van der Waals surface area contributed by atoms with E-state index in [1.165, 1.54) is 11.3 Å². The topological polar surface area (TPSA) is 46.6 Å². The van der Waals surface area contributed by atoms with E-state index < -0.39 is 12.1 Å². The number of rotatable bonds is 3.